The largest absolute Gasteiger partial charge is 0.309 e. The lowest BCUT2D eigenvalue weighted by molar-refractivity contribution is 0.0605. The minimum atomic E-state index is 0.143. The van der Waals surface area contributed by atoms with Crippen LogP contribution in [-0.2, 0) is 13.1 Å². The first-order valence-electron chi connectivity index (χ1n) is 7.96. The summed E-state index contributed by atoms with van der Waals surface area (Å²) in [6.45, 7) is 17.0. The number of nitrogens with zero attached hydrogens (tertiary/aromatic N) is 3. The molecule has 5 heteroatoms. The summed E-state index contributed by atoms with van der Waals surface area (Å²) < 4.78 is 2.05. The van der Waals surface area contributed by atoms with Crippen LogP contribution in [0.1, 0.15) is 46.0 Å². The Morgan fingerprint density at radius 3 is 2.67 bits per heavy atom. The van der Waals surface area contributed by atoms with Gasteiger partial charge in [-0.25, -0.2) is 0 Å². The van der Waals surface area contributed by atoms with Crippen molar-refractivity contribution in [2.75, 3.05) is 13.1 Å². The van der Waals surface area contributed by atoms with E-state index in [4.69, 9.17) is 11.6 Å². The Morgan fingerprint density at radius 1 is 1.43 bits per heavy atom. The molecule has 0 aromatic carbocycles. The normalized spacial score (nSPS) is 23.0. The third-order valence-electron chi connectivity index (χ3n) is 4.43. The molecule has 1 fully saturated rings. The number of aryl methyl sites for hydroxylation is 2. The molecule has 2 heterocycles. The predicted molar refractivity (Wildman–Crippen MR) is 88.8 cm³/mol. The molecule has 2 rings (SSSR count). The predicted octanol–water partition coefficient (Wildman–Crippen LogP) is 3.07. The van der Waals surface area contributed by atoms with Gasteiger partial charge in [0, 0.05) is 37.8 Å². The van der Waals surface area contributed by atoms with Crippen LogP contribution < -0.4 is 5.32 Å². The van der Waals surface area contributed by atoms with Crippen LogP contribution in [-0.4, -0.2) is 39.4 Å². The molecule has 1 aliphatic rings. The van der Waals surface area contributed by atoms with Crippen molar-refractivity contribution in [2.45, 2.75) is 66.2 Å². The highest BCUT2D eigenvalue weighted by Gasteiger charge is 2.34. The fourth-order valence-corrected chi connectivity index (χ4v) is 3.43. The summed E-state index contributed by atoms with van der Waals surface area (Å²) in [5, 5.41) is 9.03. The first kappa shape index (κ1) is 16.8. The van der Waals surface area contributed by atoms with Crippen molar-refractivity contribution < 1.29 is 0 Å². The molecule has 1 aromatic heterocycles. The standard InChI is InChI=1S/C16H29ClN4/c1-7-21-14(15(17)12(4)19-21)9-20-10-16(5,6)18-8-13(20)11(2)3/h11,13,18H,7-10H2,1-6H3. The molecule has 120 valence electrons. The maximum absolute atomic E-state index is 6.48. The summed E-state index contributed by atoms with van der Waals surface area (Å²) in [5.41, 5.74) is 2.23. The van der Waals surface area contributed by atoms with Crippen LogP contribution >= 0.6 is 11.6 Å². The van der Waals surface area contributed by atoms with Crippen molar-refractivity contribution in [3.8, 4) is 0 Å². The number of halogens is 1. The van der Waals surface area contributed by atoms with Crippen LogP contribution in [0.25, 0.3) is 0 Å². The number of rotatable bonds is 4. The molecule has 1 aliphatic heterocycles. The maximum Gasteiger partial charge on any atom is 0.0860 e. The first-order chi connectivity index (χ1) is 9.75. The van der Waals surface area contributed by atoms with Gasteiger partial charge in [0.15, 0.2) is 0 Å². The summed E-state index contributed by atoms with van der Waals surface area (Å²) in [5.74, 6) is 0.617. The molecule has 4 nitrogen and oxygen atoms in total. The fourth-order valence-electron chi connectivity index (χ4n) is 3.23. The highest BCUT2D eigenvalue weighted by Crippen LogP contribution is 2.27. The van der Waals surface area contributed by atoms with E-state index in [0.717, 1.165) is 42.6 Å². The summed E-state index contributed by atoms with van der Waals surface area (Å²) in [6.07, 6.45) is 0. The van der Waals surface area contributed by atoms with Crippen LogP contribution in [0, 0.1) is 12.8 Å². The maximum atomic E-state index is 6.48. The number of piperazine rings is 1. The van der Waals surface area contributed by atoms with E-state index in [0.29, 0.717) is 12.0 Å². The number of aromatic nitrogens is 2. The van der Waals surface area contributed by atoms with Crippen molar-refractivity contribution in [2.24, 2.45) is 5.92 Å². The van der Waals surface area contributed by atoms with Crippen LogP contribution in [0.2, 0.25) is 5.02 Å². The number of hydrogen-bond acceptors (Lipinski definition) is 3. The van der Waals surface area contributed by atoms with E-state index in [-0.39, 0.29) is 5.54 Å². The van der Waals surface area contributed by atoms with Gasteiger partial charge in [0.25, 0.3) is 0 Å². The number of nitrogens with one attached hydrogen (secondary N) is 1. The Kier molecular flexibility index (Phi) is 5.01. The van der Waals surface area contributed by atoms with Crippen molar-refractivity contribution in [1.82, 2.24) is 20.0 Å². The van der Waals surface area contributed by atoms with Crippen molar-refractivity contribution in [3.63, 3.8) is 0 Å². The molecule has 1 unspecified atom stereocenters. The van der Waals surface area contributed by atoms with Gasteiger partial charge in [0.2, 0.25) is 0 Å². The van der Waals surface area contributed by atoms with Crippen LogP contribution in [0.3, 0.4) is 0 Å². The summed E-state index contributed by atoms with van der Waals surface area (Å²) in [4.78, 5) is 2.57. The molecular formula is C16H29ClN4. The first-order valence-corrected chi connectivity index (χ1v) is 8.34. The fraction of sp³-hybridized carbons (Fsp3) is 0.812. The topological polar surface area (TPSA) is 33.1 Å². The van der Waals surface area contributed by atoms with Crippen LogP contribution in [0.15, 0.2) is 0 Å². The van der Waals surface area contributed by atoms with E-state index in [9.17, 15) is 0 Å². The quantitative estimate of drug-likeness (QED) is 0.927. The molecular weight excluding hydrogens is 284 g/mol. The SMILES string of the molecule is CCn1nc(C)c(Cl)c1CN1CC(C)(C)NCC1C(C)C. The molecule has 1 atom stereocenters. The van der Waals surface area contributed by atoms with Crippen LogP contribution in [0.5, 0.6) is 0 Å². The van der Waals surface area contributed by atoms with Gasteiger partial charge in [0.1, 0.15) is 0 Å². The Morgan fingerprint density at radius 2 is 2.10 bits per heavy atom. The third kappa shape index (κ3) is 3.61. The van der Waals surface area contributed by atoms with E-state index in [2.05, 4.69) is 49.9 Å². The molecule has 1 saturated heterocycles. The van der Waals surface area contributed by atoms with E-state index in [1.807, 2.05) is 11.6 Å². The second kappa shape index (κ2) is 6.27. The Hall–Kier alpha value is -0.580. The van der Waals surface area contributed by atoms with Gasteiger partial charge in [-0.05, 0) is 33.6 Å². The second-order valence-electron chi connectivity index (χ2n) is 7.14. The summed E-state index contributed by atoms with van der Waals surface area (Å²) in [7, 11) is 0. The summed E-state index contributed by atoms with van der Waals surface area (Å²) in [6, 6.07) is 0.537. The Labute approximate surface area is 133 Å². The monoisotopic (exact) mass is 312 g/mol. The third-order valence-corrected chi connectivity index (χ3v) is 4.92. The van der Waals surface area contributed by atoms with E-state index in [1.54, 1.807) is 0 Å². The molecule has 21 heavy (non-hydrogen) atoms. The molecule has 0 saturated carbocycles. The Balaban J connectivity index is 2.26. The zero-order valence-electron chi connectivity index (χ0n) is 14.2. The van der Waals surface area contributed by atoms with Crippen molar-refractivity contribution in [3.05, 3.63) is 16.4 Å². The van der Waals surface area contributed by atoms with E-state index >= 15 is 0 Å². The minimum absolute atomic E-state index is 0.143. The van der Waals surface area contributed by atoms with E-state index in [1.165, 1.54) is 0 Å². The van der Waals surface area contributed by atoms with Gasteiger partial charge in [-0.1, -0.05) is 25.4 Å². The van der Waals surface area contributed by atoms with Crippen molar-refractivity contribution in [1.29, 1.82) is 0 Å². The lowest BCUT2D eigenvalue weighted by atomic mass is 9.93. The molecule has 0 spiro atoms. The number of hydrogen-bond donors (Lipinski definition) is 1. The molecule has 0 aliphatic carbocycles. The lowest BCUT2D eigenvalue weighted by Gasteiger charge is -2.46. The van der Waals surface area contributed by atoms with Crippen LogP contribution in [0.4, 0.5) is 0 Å². The zero-order chi connectivity index (χ0) is 15.8. The van der Waals surface area contributed by atoms with Gasteiger partial charge >= 0.3 is 0 Å². The van der Waals surface area contributed by atoms with Gasteiger partial charge < -0.3 is 5.32 Å². The van der Waals surface area contributed by atoms with Gasteiger partial charge in [-0.15, -0.1) is 0 Å². The highest BCUT2D eigenvalue weighted by atomic mass is 35.5. The smallest absolute Gasteiger partial charge is 0.0860 e. The molecule has 0 amide bonds. The molecule has 1 aromatic rings. The average Bonchev–Trinajstić information content (AvgIpc) is 2.65. The van der Waals surface area contributed by atoms with Gasteiger partial charge in [-0.3, -0.25) is 9.58 Å². The van der Waals surface area contributed by atoms with Crippen molar-refractivity contribution >= 4 is 11.6 Å². The highest BCUT2D eigenvalue weighted by molar-refractivity contribution is 6.31. The summed E-state index contributed by atoms with van der Waals surface area (Å²) >= 11 is 6.48. The second-order valence-corrected chi connectivity index (χ2v) is 7.52. The average molecular weight is 313 g/mol. The molecule has 1 N–H and O–H groups in total. The molecule has 0 bridgehead atoms. The zero-order valence-corrected chi connectivity index (χ0v) is 15.0. The Bertz CT molecular complexity index is 493. The van der Waals surface area contributed by atoms with E-state index < -0.39 is 0 Å². The van der Waals surface area contributed by atoms with Gasteiger partial charge in [0.05, 0.1) is 16.4 Å². The minimum Gasteiger partial charge on any atom is -0.309 e. The molecule has 0 radical (unpaired) electrons. The van der Waals surface area contributed by atoms with Gasteiger partial charge in [-0.2, -0.15) is 5.10 Å². The lowest BCUT2D eigenvalue weighted by Crippen LogP contribution is -2.62.